The van der Waals surface area contributed by atoms with Crippen molar-refractivity contribution in [3.8, 4) is 0 Å². The Balaban J connectivity index is 1.81. The Kier molecular flexibility index (Phi) is 3.70. The van der Waals surface area contributed by atoms with Gasteiger partial charge in [0.1, 0.15) is 0 Å². The first-order valence-electron chi connectivity index (χ1n) is 6.27. The highest BCUT2D eigenvalue weighted by atomic mass is 15.2. The van der Waals surface area contributed by atoms with Crippen LogP contribution in [0.1, 0.15) is 32.6 Å². The van der Waals surface area contributed by atoms with Crippen LogP contribution in [0, 0.1) is 0 Å². The van der Waals surface area contributed by atoms with Gasteiger partial charge < -0.3 is 9.80 Å². The number of allylic oxidation sites excluding steroid dienone is 1. The van der Waals surface area contributed by atoms with Crippen LogP contribution in [0.2, 0.25) is 0 Å². The molecule has 0 N–H and O–H groups in total. The van der Waals surface area contributed by atoms with Crippen molar-refractivity contribution >= 4 is 0 Å². The van der Waals surface area contributed by atoms with E-state index in [2.05, 4.69) is 35.1 Å². The van der Waals surface area contributed by atoms with Gasteiger partial charge in [0.25, 0.3) is 0 Å². The van der Waals surface area contributed by atoms with Gasteiger partial charge in [0.15, 0.2) is 0 Å². The lowest BCUT2D eigenvalue weighted by Gasteiger charge is -2.26. The normalized spacial score (nSPS) is 21.0. The van der Waals surface area contributed by atoms with Crippen LogP contribution in [0.5, 0.6) is 0 Å². The number of nitrogens with zero attached hydrogens (tertiary/aromatic N) is 2. The third-order valence-electron chi connectivity index (χ3n) is 3.26. The number of likely N-dealkylation sites (tertiary alicyclic amines) is 1. The van der Waals surface area contributed by atoms with Crippen molar-refractivity contribution in [1.29, 1.82) is 0 Å². The van der Waals surface area contributed by atoms with Gasteiger partial charge in [-0.1, -0.05) is 13.3 Å². The molecular formula is C13H22N2. The molecule has 0 atom stereocenters. The Morgan fingerprint density at radius 1 is 1.27 bits per heavy atom. The maximum atomic E-state index is 2.51. The molecule has 0 saturated carbocycles. The summed E-state index contributed by atoms with van der Waals surface area (Å²) >= 11 is 0. The Morgan fingerprint density at radius 2 is 2.07 bits per heavy atom. The van der Waals surface area contributed by atoms with Crippen molar-refractivity contribution in [3.63, 3.8) is 0 Å². The minimum atomic E-state index is 1.10. The zero-order valence-corrected chi connectivity index (χ0v) is 9.78. The molecule has 15 heavy (non-hydrogen) atoms. The lowest BCUT2D eigenvalue weighted by Crippen LogP contribution is -2.25. The average Bonchev–Trinajstić information content (AvgIpc) is 2.80. The summed E-state index contributed by atoms with van der Waals surface area (Å²) in [5.41, 5.74) is 1.44. The van der Waals surface area contributed by atoms with Crippen LogP contribution in [0.15, 0.2) is 24.0 Å². The van der Waals surface area contributed by atoms with Gasteiger partial charge in [-0.2, -0.15) is 0 Å². The van der Waals surface area contributed by atoms with E-state index in [0.29, 0.717) is 0 Å². The zero-order chi connectivity index (χ0) is 10.5. The number of hydrogen-bond donors (Lipinski definition) is 0. The van der Waals surface area contributed by atoms with Crippen LogP contribution < -0.4 is 0 Å². The van der Waals surface area contributed by atoms with Gasteiger partial charge in [0.2, 0.25) is 0 Å². The molecule has 0 aliphatic carbocycles. The molecule has 0 radical (unpaired) electrons. The largest absolute Gasteiger partial charge is 0.374 e. The molecule has 2 aliphatic rings. The lowest BCUT2D eigenvalue weighted by molar-refractivity contribution is 0.377. The van der Waals surface area contributed by atoms with E-state index >= 15 is 0 Å². The second-order valence-corrected chi connectivity index (χ2v) is 4.49. The predicted octanol–water partition coefficient (Wildman–Crippen LogP) is 2.60. The Morgan fingerprint density at radius 3 is 2.67 bits per heavy atom. The van der Waals surface area contributed by atoms with E-state index in [4.69, 9.17) is 0 Å². The van der Waals surface area contributed by atoms with Gasteiger partial charge >= 0.3 is 0 Å². The third-order valence-corrected chi connectivity index (χ3v) is 3.26. The van der Waals surface area contributed by atoms with E-state index in [9.17, 15) is 0 Å². The quantitative estimate of drug-likeness (QED) is 0.697. The van der Waals surface area contributed by atoms with Gasteiger partial charge in [0.05, 0.1) is 0 Å². The molecule has 0 aromatic carbocycles. The highest BCUT2D eigenvalue weighted by molar-refractivity contribution is 5.22. The fourth-order valence-electron chi connectivity index (χ4n) is 2.26. The molecule has 0 aromatic rings. The van der Waals surface area contributed by atoms with E-state index in [1.54, 1.807) is 0 Å². The number of hydrogen-bond acceptors (Lipinski definition) is 2. The Labute approximate surface area is 93.2 Å². The smallest absolute Gasteiger partial charge is 0.0376 e. The molecule has 2 aliphatic heterocycles. The van der Waals surface area contributed by atoms with Crippen molar-refractivity contribution in [2.45, 2.75) is 32.6 Å². The van der Waals surface area contributed by atoms with Crippen molar-refractivity contribution < 1.29 is 0 Å². The molecule has 2 heteroatoms. The van der Waals surface area contributed by atoms with Gasteiger partial charge in [-0.05, 0) is 31.4 Å². The van der Waals surface area contributed by atoms with E-state index in [-0.39, 0.29) is 0 Å². The van der Waals surface area contributed by atoms with Crippen LogP contribution in [0.25, 0.3) is 0 Å². The SMILES string of the molecule is CCCCN1C=CC(N2CCCC2)=CC1. The Hall–Kier alpha value is -0.920. The number of unbranched alkanes of at least 4 members (excludes halogenated alkanes) is 1. The van der Waals surface area contributed by atoms with Gasteiger partial charge in [-0.25, -0.2) is 0 Å². The maximum absolute atomic E-state index is 2.51. The molecule has 0 unspecified atom stereocenters. The van der Waals surface area contributed by atoms with Gasteiger partial charge in [0, 0.05) is 38.1 Å². The Bertz CT molecular complexity index is 249. The first-order valence-corrected chi connectivity index (χ1v) is 6.27. The molecule has 0 aromatic heterocycles. The van der Waals surface area contributed by atoms with E-state index in [1.807, 2.05) is 0 Å². The van der Waals surface area contributed by atoms with Gasteiger partial charge in [-0.3, -0.25) is 0 Å². The molecule has 84 valence electrons. The summed E-state index contributed by atoms with van der Waals surface area (Å²) in [6.45, 7) is 7.06. The van der Waals surface area contributed by atoms with Gasteiger partial charge in [-0.15, -0.1) is 0 Å². The van der Waals surface area contributed by atoms with Crippen LogP contribution in [-0.2, 0) is 0 Å². The topological polar surface area (TPSA) is 6.48 Å². The van der Waals surface area contributed by atoms with Crippen molar-refractivity contribution in [2.75, 3.05) is 26.2 Å². The molecule has 2 nitrogen and oxygen atoms in total. The summed E-state index contributed by atoms with van der Waals surface area (Å²) in [7, 11) is 0. The fraction of sp³-hybridized carbons (Fsp3) is 0.692. The van der Waals surface area contributed by atoms with E-state index < -0.39 is 0 Å². The molecular weight excluding hydrogens is 184 g/mol. The molecule has 0 bridgehead atoms. The summed E-state index contributed by atoms with van der Waals surface area (Å²) in [4.78, 5) is 4.91. The van der Waals surface area contributed by atoms with Crippen molar-refractivity contribution in [3.05, 3.63) is 24.0 Å². The number of rotatable bonds is 4. The maximum Gasteiger partial charge on any atom is 0.0376 e. The summed E-state index contributed by atoms with van der Waals surface area (Å²) in [5.74, 6) is 0. The predicted molar refractivity (Wildman–Crippen MR) is 64.5 cm³/mol. The average molecular weight is 206 g/mol. The second kappa shape index (κ2) is 5.24. The highest BCUT2D eigenvalue weighted by Gasteiger charge is 2.14. The minimum absolute atomic E-state index is 1.10. The van der Waals surface area contributed by atoms with Crippen LogP contribution in [0.4, 0.5) is 0 Å². The first-order chi connectivity index (χ1) is 7.40. The van der Waals surface area contributed by atoms with Crippen LogP contribution in [-0.4, -0.2) is 36.0 Å². The summed E-state index contributed by atoms with van der Waals surface area (Å²) < 4.78 is 0. The molecule has 1 saturated heterocycles. The van der Waals surface area contributed by atoms with Crippen LogP contribution in [0.3, 0.4) is 0 Å². The summed E-state index contributed by atoms with van der Waals surface area (Å²) in [6.07, 6.45) is 12.2. The first kappa shape index (κ1) is 10.6. The monoisotopic (exact) mass is 206 g/mol. The fourth-order valence-corrected chi connectivity index (χ4v) is 2.26. The van der Waals surface area contributed by atoms with Crippen molar-refractivity contribution in [1.82, 2.24) is 9.80 Å². The lowest BCUT2D eigenvalue weighted by atomic mass is 10.2. The molecule has 1 fully saturated rings. The molecule has 2 rings (SSSR count). The molecule has 2 heterocycles. The van der Waals surface area contributed by atoms with Crippen LogP contribution >= 0.6 is 0 Å². The summed E-state index contributed by atoms with van der Waals surface area (Å²) in [6, 6.07) is 0. The second-order valence-electron chi connectivity index (χ2n) is 4.49. The third kappa shape index (κ3) is 2.77. The minimum Gasteiger partial charge on any atom is -0.374 e. The highest BCUT2D eigenvalue weighted by Crippen LogP contribution is 2.18. The molecule has 0 spiro atoms. The summed E-state index contributed by atoms with van der Waals surface area (Å²) in [5, 5.41) is 0. The standard InChI is InChI=1S/C13H22N2/c1-2-3-8-14-11-6-13(7-12-14)15-9-4-5-10-15/h6-7,11H,2-5,8-10,12H2,1H3. The van der Waals surface area contributed by atoms with E-state index in [0.717, 1.165) is 6.54 Å². The molecule has 0 amide bonds. The van der Waals surface area contributed by atoms with E-state index in [1.165, 1.54) is 51.0 Å². The van der Waals surface area contributed by atoms with Crippen molar-refractivity contribution in [2.24, 2.45) is 0 Å². The zero-order valence-electron chi connectivity index (χ0n) is 9.78.